The number of hydrogen-bond donors (Lipinski definition) is 1. The van der Waals surface area contributed by atoms with Gasteiger partial charge in [-0.2, -0.15) is 0 Å². The molecule has 0 atom stereocenters. The van der Waals surface area contributed by atoms with Crippen LogP contribution in [-0.2, 0) is 12.2 Å². The maximum atomic E-state index is 12.5. The van der Waals surface area contributed by atoms with E-state index in [9.17, 15) is 4.79 Å². The fourth-order valence-corrected chi connectivity index (χ4v) is 3.87. The van der Waals surface area contributed by atoms with E-state index >= 15 is 0 Å². The third kappa shape index (κ3) is 5.06. The maximum Gasteiger partial charge on any atom is 0.257 e. The molecule has 0 saturated carbocycles. The summed E-state index contributed by atoms with van der Waals surface area (Å²) in [5, 5.41) is 3.64. The molecule has 0 aliphatic carbocycles. The second-order valence-electron chi connectivity index (χ2n) is 6.93. The summed E-state index contributed by atoms with van der Waals surface area (Å²) >= 11 is 1.53. The Labute approximate surface area is 174 Å². The first kappa shape index (κ1) is 19.3. The topological polar surface area (TPSA) is 55.1 Å². The molecule has 0 saturated heterocycles. The van der Waals surface area contributed by atoms with Gasteiger partial charge < -0.3 is 9.73 Å². The van der Waals surface area contributed by atoms with Crippen LogP contribution in [0.1, 0.15) is 27.0 Å². The molecule has 1 amide bonds. The second-order valence-corrected chi connectivity index (χ2v) is 7.86. The number of oxazole rings is 1. The van der Waals surface area contributed by atoms with E-state index in [2.05, 4.69) is 22.4 Å². The fraction of sp³-hybridized carbons (Fsp3) is 0.167. The maximum absolute atomic E-state index is 12.5. The Bertz CT molecular complexity index is 1120. The molecule has 1 heterocycles. The van der Waals surface area contributed by atoms with Crippen LogP contribution in [0, 0.1) is 6.92 Å². The molecular weight excluding hydrogens is 380 g/mol. The summed E-state index contributed by atoms with van der Waals surface area (Å²) in [6.07, 6.45) is 0.819. The molecule has 0 aliphatic rings. The Morgan fingerprint density at radius 2 is 1.83 bits per heavy atom. The number of nitrogens with one attached hydrogen (secondary N) is 1. The molecule has 0 radical (unpaired) electrons. The first-order valence-corrected chi connectivity index (χ1v) is 10.6. The molecule has 146 valence electrons. The van der Waals surface area contributed by atoms with Crippen molar-refractivity contribution in [2.24, 2.45) is 0 Å². The minimum Gasteiger partial charge on any atom is -0.431 e. The van der Waals surface area contributed by atoms with Gasteiger partial charge in [-0.3, -0.25) is 4.79 Å². The average Bonchev–Trinajstić information content (AvgIpc) is 3.15. The number of carbonyl (C=O) groups is 1. The molecule has 1 aromatic heterocycles. The molecule has 0 unspecified atom stereocenters. The Morgan fingerprint density at radius 3 is 2.69 bits per heavy atom. The van der Waals surface area contributed by atoms with E-state index < -0.39 is 0 Å². The first-order valence-electron chi connectivity index (χ1n) is 9.58. The minimum absolute atomic E-state index is 0.0508. The SMILES string of the molecule is Cc1ccc2oc(SCc3cccc(C(=O)NCCc4ccccc4)c3)nc2c1. The van der Waals surface area contributed by atoms with Crippen LogP contribution in [0.5, 0.6) is 0 Å². The molecule has 1 N–H and O–H groups in total. The Balaban J connectivity index is 1.34. The van der Waals surface area contributed by atoms with Crippen LogP contribution < -0.4 is 5.32 Å². The summed E-state index contributed by atoms with van der Waals surface area (Å²) in [4.78, 5) is 17.0. The summed E-state index contributed by atoms with van der Waals surface area (Å²) in [6.45, 7) is 2.65. The summed E-state index contributed by atoms with van der Waals surface area (Å²) in [5.41, 5.74) is 5.77. The number of benzene rings is 3. The van der Waals surface area contributed by atoms with Gasteiger partial charge in [0.15, 0.2) is 5.58 Å². The van der Waals surface area contributed by atoms with Gasteiger partial charge in [0.1, 0.15) is 5.52 Å². The van der Waals surface area contributed by atoms with E-state index in [1.54, 1.807) is 0 Å². The van der Waals surface area contributed by atoms with Crippen molar-refractivity contribution in [1.29, 1.82) is 0 Å². The number of hydrogen-bond acceptors (Lipinski definition) is 4. The predicted octanol–water partition coefficient (Wildman–Crippen LogP) is 5.40. The van der Waals surface area contributed by atoms with Crippen molar-refractivity contribution in [2.45, 2.75) is 24.3 Å². The van der Waals surface area contributed by atoms with E-state index in [1.165, 1.54) is 17.3 Å². The van der Waals surface area contributed by atoms with Gasteiger partial charge in [0, 0.05) is 17.9 Å². The Hall–Kier alpha value is -3.05. The van der Waals surface area contributed by atoms with Crippen molar-refractivity contribution >= 4 is 28.8 Å². The van der Waals surface area contributed by atoms with Gasteiger partial charge in [0.25, 0.3) is 11.1 Å². The zero-order valence-electron chi connectivity index (χ0n) is 16.2. The van der Waals surface area contributed by atoms with Crippen LogP contribution in [0.4, 0.5) is 0 Å². The summed E-state index contributed by atoms with van der Waals surface area (Å²) in [5.74, 6) is 0.641. The fourth-order valence-electron chi connectivity index (χ4n) is 3.09. The zero-order valence-corrected chi connectivity index (χ0v) is 17.0. The van der Waals surface area contributed by atoms with Gasteiger partial charge in [-0.15, -0.1) is 0 Å². The number of thioether (sulfide) groups is 1. The molecule has 0 bridgehead atoms. The summed E-state index contributed by atoms with van der Waals surface area (Å²) < 4.78 is 5.79. The number of amides is 1. The van der Waals surface area contributed by atoms with E-state index in [1.807, 2.05) is 67.6 Å². The zero-order chi connectivity index (χ0) is 20.1. The predicted molar refractivity (Wildman–Crippen MR) is 117 cm³/mol. The molecule has 0 spiro atoms. The summed E-state index contributed by atoms with van der Waals surface area (Å²) in [7, 11) is 0. The molecular formula is C24H22N2O2S. The molecule has 0 fully saturated rings. The van der Waals surface area contributed by atoms with Crippen LogP contribution in [0.25, 0.3) is 11.1 Å². The third-order valence-corrected chi connectivity index (χ3v) is 5.52. The van der Waals surface area contributed by atoms with Crippen molar-refractivity contribution in [3.05, 3.63) is 95.1 Å². The van der Waals surface area contributed by atoms with E-state index in [4.69, 9.17) is 4.42 Å². The standard InChI is InChI=1S/C24H22N2O2S/c1-17-10-11-22-21(14-17)26-24(28-22)29-16-19-8-5-9-20(15-19)23(27)25-13-12-18-6-3-2-4-7-18/h2-11,14-15H,12-13,16H2,1H3,(H,25,27). The average molecular weight is 403 g/mol. The highest BCUT2D eigenvalue weighted by Crippen LogP contribution is 2.27. The van der Waals surface area contributed by atoms with Gasteiger partial charge in [0.2, 0.25) is 0 Å². The lowest BCUT2D eigenvalue weighted by molar-refractivity contribution is 0.0954. The number of nitrogens with zero attached hydrogens (tertiary/aromatic N) is 1. The molecule has 5 heteroatoms. The van der Waals surface area contributed by atoms with Crippen LogP contribution >= 0.6 is 11.8 Å². The smallest absolute Gasteiger partial charge is 0.257 e. The Morgan fingerprint density at radius 1 is 1.00 bits per heavy atom. The number of carbonyl (C=O) groups excluding carboxylic acids is 1. The van der Waals surface area contributed by atoms with Gasteiger partial charge in [0.05, 0.1) is 0 Å². The molecule has 0 aliphatic heterocycles. The van der Waals surface area contributed by atoms with Crippen LogP contribution in [0.2, 0.25) is 0 Å². The van der Waals surface area contributed by atoms with Crippen molar-refractivity contribution in [2.75, 3.05) is 6.54 Å². The molecule has 4 rings (SSSR count). The number of rotatable bonds is 7. The molecule has 3 aromatic carbocycles. The van der Waals surface area contributed by atoms with Crippen LogP contribution in [0.15, 0.2) is 82.4 Å². The largest absolute Gasteiger partial charge is 0.431 e. The van der Waals surface area contributed by atoms with Gasteiger partial charge in [-0.1, -0.05) is 60.3 Å². The van der Waals surface area contributed by atoms with E-state index in [0.717, 1.165) is 28.6 Å². The lowest BCUT2D eigenvalue weighted by atomic mass is 10.1. The van der Waals surface area contributed by atoms with E-state index in [-0.39, 0.29) is 5.91 Å². The normalized spacial score (nSPS) is 10.9. The molecule has 4 aromatic rings. The Kier molecular flexibility index (Phi) is 5.96. The van der Waals surface area contributed by atoms with E-state index in [0.29, 0.717) is 23.1 Å². The molecule has 4 nitrogen and oxygen atoms in total. The monoisotopic (exact) mass is 402 g/mol. The highest BCUT2D eigenvalue weighted by atomic mass is 32.2. The highest BCUT2D eigenvalue weighted by molar-refractivity contribution is 7.98. The van der Waals surface area contributed by atoms with Crippen LogP contribution in [0.3, 0.4) is 0 Å². The quantitative estimate of drug-likeness (QED) is 0.421. The minimum atomic E-state index is -0.0508. The molecule has 29 heavy (non-hydrogen) atoms. The lowest BCUT2D eigenvalue weighted by Crippen LogP contribution is -2.25. The highest BCUT2D eigenvalue weighted by Gasteiger charge is 2.09. The van der Waals surface area contributed by atoms with Gasteiger partial charge in [-0.05, 0) is 54.3 Å². The number of fused-ring (bicyclic) bond motifs is 1. The van der Waals surface area contributed by atoms with Crippen molar-refractivity contribution < 1.29 is 9.21 Å². The van der Waals surface area contributed by atoms with Crippen molar-refractivity contribution in [3.63, 3.8) is 0 Å². The third-order valence-electron chi connectivity index (χ3n) is 4.62. The number of aromatic nitrogens is 1. The van der Waals surface area contributed by atoms with Gasteiger partial charge >= 0.3 is 0 Å². The number of aryl methyl sites for hydroxylation is 1. The van der Waals surface area contributed by atoms with Crippen molar-refractivity contribution in [1.82, 2.24) is 10.3 Å². The van der Waals surface area contributed by atoms with Crippen molar-refractivity contribution in [3.8, 4) is 0 Å². The van der Waals surface area contributed by atoms with Gasteiger partial charge in [-0.25, -0.2) is 4.98 Å². The second kappa shape index (κ2) is 8.97. The summed E-state index contributed by atoms with van der Waals surface area (Å²) in [6, 6.07) is 23.8. The first-order chi connectivity index (χ1) is 14.2. The lowest BCUT2D eigenvalue weighted by Gasteiger charge is -2.07. The van der Waals surface area contributed by atoms with Crippen LogP contribution in [-0.4, -0.2) is 17.4 Å².